The third-order valence-corrected chi connectivity index (χ3v) is 5.48. The summed E-state index contributed by atoms with van der Waals surface area (Å²) in [6.07, 6.45) is -15.3. The largest absolute Gasteiger partial charge is 0.479 e. The number of aliphatic carboxylic acids is 1. The third-order valence-electron chi connectivity index (χ3n) is 5.01. The monoisotopic (exact) mass is 505 g/mol. The van der Waals surface area contributed by atoms with Gasteiger partial charge in [-0.1, -0.05) is 0 Å². The molecule has 16 nitrogen and oxygen atoms in total. The zero-order valence-electron chi connectivity index (χ0n) is 17.7. The molecule has 2 saturated heterocycles. The number of hydrogen-bond donors (Lipinski definition) is 6. The molecule has 0 saturated carbocycles. The Hall–Kier alpha value is -1.51. The molecule has 0 aliphatic carbocycles. The van der Waals surface area contributed by atoms with E-state index in [-0.39, 0.29) is 0 Å². The summed E-state index contributed by atoms with van der Waals surface area (Å²) in [7, 11) is -2.93. The molecule has 0 aromatic heterocycles. The second-order valence-electron chi connectivity index (χ2n) is 7.22. The average molecular weight is 505 g/mol. The minimum Gasteiger partial charge on any atom is -0.479 e. The summed E-state index contributed by atoms with van der Waals surface area (Å²) in [4.78, 5) is 23.3. The molecule has 2 rings (SSSR count). The van der Waals surface area contributed by atoms with Gasteiger partial charge >= 0.3 is 16.4 Å². The highest BCUT2D eigenvalue weighted by atomic mass is 32.3. The van der Waals surface area contributed by atoms with Crippen LogP contribution in [0.15, 0.2) is 0 Å². The fraction of sp³-hybridized carbons (Fsp3) is 0.875. The fourth-order valence-corrected chi connectivity index (χ4v) is 4.14. The van der Waals surface area contributed by atoms with Crippen molar-refractivity contribution < 1.29 is 70.9 Å². The van der Waals surface area contributed by atoms with E-state index in [2.05, 4.69) is 9.50 Å². The van der Waals surface area contributed by atoms with E-state index >= 15 is 0 Å². The van der Waals surface area contributed by atoms with E-state index in [1.54, 1.807) is 0 Å². The highest BCUT2D eigenvalue weighted by Crippen LogP contribution is 2.32. The van der Waals surface area contributed by atoms with Crippen LogP contribution in [0.2, 0.25) is 0 Å². The van der Waals surface area contributed by atoms with Crippen molar-refractivity contribution in [1.29, 1.82) is 0 Å². The van der Waals surface area contributed by atoms with E-state index in [0.717, 1.165) is 21.1 Å². The van der Waals surface area contributed by atoms with Gasteiger partial charge in [0.05, 0.1) is 6.61 Å². The molecule has 0 aromatic rings. The summed E-state index contributed by atoms with van der Waals surface area (Å²) in [5.74, 6) is -2.24. The number of rotatable bonds is 9. The van der Waals surface area contributed by atoms with E-state index in [1.165, 1.54) is 0 Å². The van der Waals surface area contributed by atoms with Crippen LogP contribution in [0.1, 0.15) is 6.92 Å². The summed E-state index contributed by atoms with van der Waals surface area (Å²) < 4.78 is 62.8. The molecule has 33 heavy (non-hydrogen) atoms. The predicted molar refractivity (Wildman–Crippen MR) is 101 cm³/mol. The van der Waals surface area contributed by atoms with Crippen molar-refractivity contribution in [3.8, 4) is 0 Å². The first-order valence-corrected chi connectivity index (χ1v) is 10.9. The van der Waals surface area contributed by atoms with Gasteiger partial charge in [0, 0.05) is 21.1 Å². The second kappa shape index (κ2) is 11.3. The number of carboxylic acids is 1. The summed E-state index contributed by atoms with van der Waals surface area (Å²) in [6.45, 7) is 0.229. The normalized spacial score (nSPS) is 39.7. The Morgan fingerprint density at radius 2 is 1.64 bits per heavy atom. The van der Waals surface area contributed by atoms with Crippen molar-refractivity contribution in [2.24, 2.45) is 0 Å². The van der Waals surface area contributed by atoms with Crippen molar-refractivity contribution in [3.63, 3.8) is 0 Å². The first-order valence-electron chi connectivity index (χ1n) is 9.49. The fourth-order valence-electron chi connectivity index (χ4n) is 3.62. The van der Waals surface area contributed by atoms with Gasteiger partial charge in [-0.2, -0.15) is 8.42 Å². The Balaban J connectivity index is 2.47. The molecule has 0 aromatic carbocycles. The first-order chi connectivity index (χ1) is 15.3. The quantitative estimate of drug-likeness (QED) is 0.164. The Bertz CT molecular complexity index is 793. The van der Waals surface area contributed by atoms with Gasteiger partial charge < -0.3 is 49.4 Å². The smallest absolute Gasteiger partial charge is 0.397 e. The zero-order chi connectivity index (χ0) is 25.1. The van der Waals surface area contributed by atoms with E-state index in [4.69, 9.17) is 23.7 Å². The number of hydrogen-bond acceptors (Lipinski definition) is 13. The number of carbonyl (C=O) groups excluding carboxylic acids is 1. The number of carboxylic acid groups (broad SMARTS) is 1. The second-order valence-corrected chi connectivity index (χ2v) is 8.27. The van der Waals surface area contributed by atoms with Crippen LogP contribution in [-0.2, 0) is 47.9 Å². The van der Waals surface area contributed by atoms with Crippen molar-refractivity contribution in [1.82, 2.24) is 5.32 Å². The Morgan fingerprint density at radius 1 is 1.00 bits per heavy atom. The Labute approximate surface area is 188 Å². The molecule has 0 bridgehead atoms. The topological polar surface area (TPSA) is 237 Å². The van der Waals surface area contributed by atoms with Gasteiger partial charge in [-0.3, -0.25) is 9.35 Å². The van der Waals surface area contributed by atoms with Crippen molar-refractivity contribution in [3.05, 3.63) is 0 Å². The lowest BCUT2D eigenvalue weighted by Crippen LogP contribution is -2.68. The molecule has 2 heterocycles. The molecule has 0 radical (unpaired) electrons. The molecule has 2 aliphatic rings. The third kappa shape index (κ3) is 6.55. The summed E-state index contributed by atoms with van der Waals surface area (Å²) in [6, 6.07) is -1.38. The van der Waals surface area contributed by atoms with Crippen LogP contribution in [-0.4, -0.2) is 127 Å². The van der Waals surface area contributed by atoms with Gasteiger partial charge in [-0.15, -0.1) is 0 Å². The zero-order valence-corrected chi connectivity index (χ0v) is 18.5. The van der Waals surface area contributed by atoms with Crippen LogP contribution < -0.4 is 5.32 Å². The molecule has 4 unspecified atom stereocenters. The molecule has 10 atom stereocenters. The van der Waals surface area contributed by atoms with Crippen molar-refractivity contribution in [2.45, 2.75) is 68.3 Å². The summed E-state index contributed by atoms with van der Waals surface area (Å²) >= 11 is 0. The van der Waals surface area contributed by atoms with Crippen LogP contribution >= 0.6 is 0 Å². The maximum Gasteiger partial charge on any atom is 0.397 e. The molecular formula is C16H27NO15S. The Morgan fingerprint density at radius 3 is 2.09 bits per heavy atom. The number of aliphatic hydroxyl groups is 3. The van der Waals surface area contributed by atoms with Gasteiger partial charge in [0.2, 0.25) is 5.91 Å². The minimum absolute atomic E-state index is 0.666. The highest BCUT2D eigenvalue weighted by molar-refractivity contribution is 7.80. The average Bonchev–Trinajstić information content (AvgIpc) is 2.71. The van der Waals surface area contributed by atoms with Gasteiger partial charge in [-0.05, 0) is 0 Å². The first kappa shape index (κ1) is 27.7. The predicted octanol–water partition coefficient (Wildman–Crippen LogP) is -4.03. The maximum absolute atomic E-state index is 11.7. The highest BCUT2D eigenvalue weighted by Gasteiger charge is 2.54. The summed E-state index contributed by atoms with van der Waals surface area (Å²) in [5, 5.41) is 42.1. The van der Waals surface area contributed by atoms with Crippen molar-refractivity contribution in [2.75, 3.05) is 20.8 Å². The molecule has 1 amide bonds. The molecule has 17 heteroatoms. The SMILES string of the molecule is CO[C@@H]1OC(CO)[C@H](OS(=O)(=O)O)[C@H](O[C@@H]2OC(C(=O)O)[C@H](OC)[C@H](O)C2O)C1NC(C)=O. The van der Waals surface area contributed by atoms with Gasteiger partial charge in [0.1, 0.15) is 42.7 Å². The van der Waals surface area contributed by atoms with Gasteiger partial charge in [0.25, 0.3) is 0 Å². The molecule has 2 aliphatic heterocycles. The van der Waals surface area contributed by atoms with Gasteiger partial charge in [0.15, 0.2) is 18.7 Å². The van der Waals surface area contributed by atoms with Crippen LogP contribution in [0.25, 0.3) is 0 Å². The lowest BCUT2D eigenvalue weighted by atomic mass is 9.95. The van der Waals surface area contributed by atoms with Crippen LogP contribution in [0.4, 0.5) is 0 Å². The van der Waals surface area contributed by atoms with E-state index in [1.807, 2.05) is 0 Å². The lowest BCUT2D eigenvalue weighted by Gasteiger charge is -2.47. The number of amides is 1. The molecule has 6 N–H and O–H groups in total. The molecular weight excluding hydrogens is 478 g/mol. The Kier molecular flexibility index (Phi) is 9.48. The lowest BCUT2D eigenvalue weighted by molar-refractivity contribution is -0.337. The number of ether oxygens (including phenoxy) is 5. The van der Waals surface area contributed by atoms with Crippen LogP contribution in [0, 0.1) is 0 Å². The standard InChI is InChI=1S/C16H27NO15S/c1-5(19)17-7-11(10(32-33(24,25)26)6(4-18)29-15(7)28-3)30-16-9(21)8(20)12(27-2)13(31-16)14(22)23/h6-13,15-16,18,20-21H,4H2,1-3H3,(H,17,19)(H,22,23)(H,24,25,26)/t6?,7?,8-,9?,10+,11-,12-,13?,15-,16-/m1/s1. The number of aliphatic hydroxyl groups excluding tert-OH is 3. The maximum atomic E-state index is 11.7. The molecule has 2 fully saturated rings. The number of carbonyl (C=O) groups is 2. The van der Waals surface area contributed by atoms with Crippen LogP contribution in [0.5, 0.6) is 0 Å². The van der Waals surface area contributed by atoms with Gasteiger partial charge in [-0.25, -0.2) is 8.98 Å². The minimum atomic E-state index is -5.17. The van der Waals surface area contributed by atoms with E-state index in [0.29, 0.717) is 0 Å². The number of nitrogens with one attached hydrogen (secondary N) is 1. The van der Waals surface area contributed by atoms with E-state index < -0.39 is 90.2 Å². The molecule has 192 valence electrons. The van der Waals surface area contributed by atoms with Crippen molar-refractivity contribution >= 4 is 22.3 Å². The van der Waals surface area contributed by atoms with Crippen LogP contribution in [0.3, 0.4) is 0 Å². The van der Waals surface area contributed by atoms with E-state index in [9.17, 15) is 43.0 Å². The number of methoxy groups -OCH3 is 2. The summed E-state index contributed by atoms with van der Waals surface area (Å²) in [5.41, 5.74) is 0. The molecule has 0 spiro atoms.